The first kappa shape index (κ1) is 15.6. The zero-order valence-electron chi connectivity index (χ0n) is 14.2. The molecule has 5 heteroatoms. The number of nitrogens with zero attached hydrogens (tertiary/aromatic N) is 2. The van der Waals surface area contributed by atoms with Crippen LogP contribution in [0.1, 0.15) is 22.0 Å². The third-order valence-corrected chi connectivity index (χ3v) is 6.07. The molecule has 2 aromatic carbocycles. The van der Waals surface area contributed by atoms with Crippen LogP contribution < -0.4 is 5.76 Å². The van der Waals surface area contributed by atoms with Crippen molar-refractivity contribution in [1.29, 1.82) is 0 Å². The zero-order chi connectivity index (χ0) is 17.5. The Hall–Kier alpha value is -2.63. The van der Waals surface area contributed by atoms with Gasteiger partial charge < -0.3 is 4.42 Å². The van der Waals surface area contributed by atoms with E-state index in [0.29, 0.717) is 12.3 Å². The minimum Gasteiger partial charge on any atom is -0.408 e. The molecule has 0 fully saturated rings. The van der Waals surface area contributed by atoms with Crippen LogP contribution in [0.4, 0.5) is 0 Å². The third-order valence-electron chi connectivity index (χ3n) is 5.08. The fourth-order valence-electron chi connectivity index (χ4n) is 3.88. The van der Waals surface area contributed by atoms with Gasteiger partial charge in [0.25, 0.3) is 0 Å². The van der Waals surface area contributed by atoms with Gasteiger partial charge >= 0.3 is 5.76 Å². The van der Waals surface area contributed by atoms with Gasteiger partial charge in [-0.25, -0.2) is 4.79 Å². The van der Waals surface area contributed by atoms with Crippen LogP contribution in [-0.2, 0) is 13.1 Å². The molecule has 0 saturated heterocycles. The molecule has 1 atom stereocenters. The molecule has 130 valence electrons. The lowest BCUT2D eigenvalue weighted by atomic mass is 9.94. The summed E-state index contributed by atoms with van der Waals surface area (Å²) in [6.45, 7) is 1.43. The van der Waals surface area contributed by atoms with Crippen molar-refractivity contribution in [3.8, 4) is 0 Å². The quantitative estimate of drug-likeness (QED) is 0.546. The Morgan fingerprint density at radius 1 is 1.04 bits per heavy atom. The summed E-state index contributed by atoms with van der Waals surface area (Å²) in [6.07, 6.45) is 1.01. The highest BCUT2D eigenvalue weighted by Crippen LogP contribution is 2.38. The summed E-state index contributed by atoms with van der Waals surface area (Å²) in [5.74, 6) is -0.297. The van der Waals surface area contributed by atoms with Crippen LogP contribution in [0.2, 0.25) is 0 Å². The largest absolute Gasteiger partial charge is 0.421 e. The SMILES string of the molecule is O=c1oc2ccccc2n1CN1CCc2sccc2[C@@H]1c1ccccc1. The Kier molecular flexibility index (Phi) is 3.76. The van der Waals surface area contributed by atoms with Gasteiger partial charge in [0.2, 0.25) is 0 Å². The number of aromatic nitrogens is 1. The Labute approximate surface area is 154 Å². The van der Waals surface area contributed by atoms with Gasteiger partial charge in [-0.3, -0.25) is 9.47 Å². The molecule has 0 saturated carbocycles. The molecule has 26 heavy (non-hydrogen) atoms. The molecule has 0 radical (unpaired) electrons. The molecule has 0 bridgehead atoms. The van der Waals surface area contributed by atoms with Crippen molar-refractivity contribution in [2.45, 2.75) is 19.1 Å². The molecule has 4 aromatic rings. The number of hydrogen-bond donors (Lipinski definition) is 0. The molecule has 0 aliphatic carbocycles. The van der Waals surface area contributed by atoms with Gasteiger partial charge in [-0.1, -0.05) is 42.5 Å². The number of thiophene rings is 1. The minimum absolute atomic E-state index is 0.159. The summed E-state index contributed by atoms with van der Waals surface area (Å²) in [4.78, 5) is 16.2. The average Bonchev–Trinajstić information content (AvgIpc) is 3.27. The molecule has 0 spiro atoms. The number of oxazole rings is 1. The summed E-state index contributed by atoms with van der Waals surface area (Å²) in [7, 11) is 0. The topological polar surface area (TPSA) is 38.4 Å². The summed E-state index contributed by atoms with van der Waals surface area (Å²) in [5.41, 5.74) is 4.10. The fraction of sp³-hybridized carbons (Fsp3) is 0.190. The summed E-state index contributed by atoms with van der Waals surface area (Å²) in [5, 5.41) is 2.17. The van der Waals surface area contributed by atoms with Crippen LogP contribution in [0.3, 0.4) is 0 Å². The van der Waals surface area contributed by atoms with E-state index in [0.717, 1.165) is 18.5 Å². The van der Waals surface area contributed by atoms with Crippen molar-refractivity contribution in [2.24, 2.45) is 0 Å². The first-order valence-electron chi connectivity index (χ1n) is 8.75. The van der Waals surface area contributed by atoms with Crippen LogP contribution in [0, 0.1) is 0 Å². The molecule has 3 heterocycles. The van der Waals surface area contributed by atoms with Gasteiger partial charge in [-0.15, -0.1) is 11.3 Å². The third kappa shape index (κ3) is 2.52. The molecule has 0 N–H and O–H groups in total. The van der Waals surface area contributed by atoms with Crippen molar-refractivity contribution >= 4 is 22.4 Å². The van der Waals surface area contributed by atoms with Crippen LogP contribution in [-0.4, -0.2) is 16.0 Å². The highest BCUT2D eigenvalue weighted by molar-refractivity contribution is 7.10. The van der Waals surface area contributed by atoms with Gasteiger partial charge in [0.1, 0.15) is 0 Å². The second-order valence-corrected chi connectivity index (χ2v) is 7.58. The van der Waals surface area contributed by atoms with E-state index in [4.69, 9.17) is 4.42 Å². The lowest BCUT2D eigenvalue weighted by Crippen LogP contribution is -2.38. The van der Waals surface area contributed by atoms with E-state index in [2.05, 4.69) is 40.6 Å². The van der Waals surface area contributed by atoms with Gasteiger partial charge in [0.05, 0.1) is 18.2 Å². The molecule has 5 rings (SSSR count). The summed E-state index contributed by atoms with van der Waals surface area (Å²) in [6, 6.07) is 20.5. The molecule has 0 unspecified atom stereocenters. The van der Waals surface area contributed by atoms with Crippen molar-refractivity contribution in [3.05, 3.63) is 92.6 Å². The van der Waals surface area contributed by atoms with Crippen molar-refractivity contribution in [2.75, 3.05) is 6.54 Å². The smallest absolute Gasteiger partial charge is 0.408 e. The minimum atomic E-state index is -0.297. The second kappa shape index (κ2) is 6.27. The summed E-state index contributed by atoms with van der Waals surface area (Å²) >= 11 is 1.83. The molecule has 1 aliphatic heterocycles. The van der Waals surface area contributed by atoms with Crippen molar-refractivity contribution < 1.29 is 4.42 Å². The van der Waals surface area contributed by atoms with Gasteiger partial charge in [0.15, 0.2) is 5.58 Å². The first-order chi connectivity index (χ1) is 12.8. The maximum Gasteiger partial charge on any atom is 0.421 e. The maximum atomic E-state index is 12.4. The number of benzene rings is 2. The molecular formula is C21H18N2O2S. The van der Waals surface area contributed by atoms with Gasteiger partial charge in [-0.2, -0.15) is 0 Å². The van der Waals surface area contributed by atoms with Crippen LogP contribution in [0.25, 0.3) is 11.1 Å². The van der Waals surface area contributed by atoms with E-state index in [9.17, 15) is 4.79 Å². The highest BCUT2D eigenvalue weighted by atomic mass is 32.1. The van der Waals surface area contributed by atoms with Gasteiger partial charge in [0, 0.05) is 11.4 Å². The second-order valence-electron chi connectivity index (χ2n) is 6.58. The Morgan fingerprint density at radius 3 is 2.73 bits per heavy atom. The predicted octanol–water partition coefficient (Wildman–Crippen LogP) is 4.26. The standard InChI is InChI=1S/C21H18N2O2S/c24-21-23(17-8-4-5-9-18(17)25-21)14-22-12-10-19-16(11-13-26-19)20(22)15-6-2-1-3-7-15/h1-9,11,13,20H,10,12,14H2/t20-/m0/s1. The molecular weight excluding hydrogens is 344 g/mol. The fourth-order valence-corrected chi connectivity index (χ4v) is 4.78. The van der Waals surface area contributed by atoms with E-state index in [1.54, 1.807) is 4.57 Å². The van der Waals surface area contributed by atoms with E-state index < -0.39 is 0 Å². The van der Waals surface area contributed by atoms with Crippen molar-refractivity contribution in [1.82, 2.24) is 9.47 Å². The Bertz CT molecular complexity index is 1110. The first-order valence-corrected chi connectivity index (χ1v) is 9.63. The van der Waals surface area contributed by atoms with Crippen LogP contribution in [0.15, 0.2) is 75.3 Å². The molecule has 1 aliphatic rings. The maximum absolute atomic E-state index is 12.4. The number of fused-ring (bicyclic) bond motifs is 2. The monoisotopic (exact) mass is 362 g/mol. The number of hydrogen-bond acceptors (Lipinski definition) is 4. The lowest BCUT2D eigenvalue weighted by molar-refractivity contribution is 0.163. The van der Waals surface area contributed by atoms with Gasteiger partial charge in [-0.05, 0) is 41.1 Å². The molecule has 4 nitrogen and oxygen atoms in total. The zero-order valence-corrected chi connectivity index (χ0v) is 15.0. The Balaban J connectivity index is 1.59. The van der Waals surface area contributed by atoms with E-state index in [-0.39, 0.29) is 11.8 Å². The Morgan fingerprint density at radius 2 is 1.85 bits per heavy atom. The average molecular weight is 362 g/mol. The van der Waals surface area contributed by atoms with E-state index >= 15 is 0 Å². The normalized spacial score (nSPS) is 17.5. The summed E-state index contributed by atoms with van der Waals surface area (Å²) < 4.78 is 7.16. The van der Waals surface area contributed by atoms with E-state index in [1.807, 2.05) is 41.7 Å². The lowest BCUT2D eigenvalue weighted by Gasteiger charge is -2.36. The van der Waals surface area contributed by atoms with Crippen molar-refractivity contribution in [3.63, 3.8) is 0 Å². The molecule has 2 aromatic heterocycles. The van der Waals surface area contributed by atoms with Crippen LogP contribution in [0.5, 0.6) is 0 Å². The number of para-hydroxylation sites is 2. The molecule has 0 amide bonds. The van der Waals surface area contributed by atoms with E-state index in [1.165, 1.54) is 16.0 Å². The van der Waals surface area contributed by atoms with Crippen LogP contribution >= 0.6 is 11.3 Å². The number of rotatable bonds is 3. The predicted molar refractivity (Wildman–Crippen MR) is 103 cm³/mol. The highest BCUT2D eigenvalue weighted by Gasteiger charge is 2.30.